The van der Waals surface area contributed by atoms with E-state index in [-0.39, 0.29) is 18.1 Å². The van der Waals surface area contributed by atoms with Crippen molar-refractivity contribution in [2.75, 3.05) is 32.1 Å². The van der Waals surface area contributed by atoms with Gasteiger partial charge >= 0.3 is 5.97 Å². The Balaban J connectivity index is 1.78. The molecule has 2 amide bonds. The summed E-state index contributed by atoms with van der Waals surface area (Å²) in [4.78, 5) is 39.9. The summed E-state index contributed by atoms with van der Waals surface area (Å²) < 4.78 is 10.3. The average Bonchev–Trinajstić information content (AvgIpc) is 3.08. The summed E-state index contributed by atoms with van der Waals surface area (Å²) in [5.41, 5.74) is 0.739. The Hall–Kier alpha value is -2.87. The lowest BCUT2D eigenvalue weighted by molar-refractivity contribution is -0.118. The number of piperidine rings is 1. The van der Waals surface area contributed by atoms with Crippen molar-refractivity contribution in [3.8, 4) is 5.75 Å². The van der Waals surface area contributed by atoms with Crippen molar-refractivity contribution in [3.05, 3.63) is 46.3 Å². The SMILES string of the molecule is COC(=O)c1c(NC(=O)COc2ccccc2)sc(C(=O)N2CCCCC2)c1C. The van der Waals surface area contributed by atoms with E-state index in [2.05, 4.69) is 5.32 Å². The van der Waals surface area contributed by atoms with Gasteiger partial charge in [-0.15, -0.1) is 11.3 Å². The van der Waals surface area contributed by atoms with Gasteiger partial charge in [0.25, 0.3) is 11.8 Å². The fourth-order valence-electron chi connectivity index (χ4n) is 3.22. The molecule has 2 heterocycles. The molecule has 1 aromatic carbocycles. The molecule has 0 unspecified atom stereocenters. The zero-order valence-electron chi connectivity index (χ0n) is 16.5. The standard InChI is InChI=1S/C21H24N2O5S/c1-14-17(21(26)27-2)19(22-16(24)13-28-15-9-5-3-6-10-15)29-18(14)20(25)23-11-7-4-8-12-23/h3,5-6,9-10H,4,7-8,11-13H2,1-2H3,(H,22,24). The minimum Gasteiger partial charge on any atom is -0.484 e. The number of hydrogen-bond donors (Lipinski definition) is 1. The molecule has 8 heteroatoms. The second-order valence-corrected chi connectivity index (χ2v) is 7.78. The van der Waals surface area contributed by atoms with Gasteiger partial charge < -0.3 is 19.7 Å². The van der Waals surface area contributed by atoms with Crippen LogP contribution in [0.25, 0.3) is 0 Å². The van der Waals surface area contributed by atoms with Crippen LogP contribution < -0.4 is 10.1 Å². The summed E-state index contributed by atoms with van der Waals surface area (Å²) in [5.74, 6) is -0.550. The Bertz CT molecular complexity index is 888. The molecular formula is C21H24N2O5S. The monoisotopic (exact) mass is 416 g/mol. The summed E-state index contributed by atoms with van der Waals surface area (Å²) in [7, 11) is 1.27. The summed E-state index contributed by atoms with van der Waals surface area (Å²) >= 11 is 1.10. The number of esters is 1. The summed E-state index contributed by atoms with van der Waals surface area (Å²) in [6, 6.07) is 8.97. The molecule has 3 rings (SSSR count). The molecule has 1 saturated heterocycles. The Labute approximate surface area is 173 Å². The number of nitrogens with zero attached hydrogens (tertiary/aromatic N) is 1. The van der Waals surface area contributed by atoms with Gasteiger partial charge in [-0.3, -0.25) is 9.59 Å². The summed E-state index contributed by atoms with van der Waals surface area (Å²) in [5, 5.41) is 3.00. The van der Waals surface area contributed by atoms with E-state index in [4.69, 9.17) is 9.47 Å². The lowest BCUT2D eigenvalue weighted by Gasteiger charge is -2.26. The smallest absolute Gasteiger partial charge is 0.341 e. The maximum atomic E-state index is 12.9. The van der Waals surface area contributed by atoms with Crippen molar-refractivity contribution >= 4 is 34.1 Å². The van der Waals surface area contributed by atoms with Gasteiger partial charge in [0.05, 0.1) is 17.6 Å². The number of carbonyl (C=O) groups excluding carboxylic acids is 3. The highest BCUT2D eigenvalue weighted by Gasteiger charge is 2.29. The minimum atomic E-state index is -0.587. The zero-order chi connectivity index (χ0) is 20.8. The van der Waals surface area contributed by atoms with E-state index in [1.807, 2.05) is 18.2 Å². The Kier molecular flexibility index (Phi) is 6.87. The van der Waals surface area contributed by atoms with Gasteiger partial charge in [0.1, 0.15) is 10.8 Å². The first-order chi connectivity index (χ1) is 14.0. The van der Waals surface area contributed by atoms with E-state index in [0.717, 1.165) is 30.6 Å². The first-order valence-corrected chi connectivity index (χ1v) is 10.3. The zero-order valence-corrected chi connectivity index (χ0v) is 17.3. The third kappa shape index (κ3) is 4.95. The normalized spacial score (nSPS) is 13.7. The molecule has 0 aliphatic carbocycles. The second kappa shape index (κ2) is 9.56. The quantitative estimate of drug-likeness (QED) is 0.729. The largest absolute Gasteiger partial charge is 0.484 e. The van der Waals surface area contributed by atoms with Gasteiger partial charge in [0.15, 0.2) is 6.61 Å². The number of likely N-dealkylation sites (tertiary alicyclic amines) is 1. The number of amides is 2. The molecule has 0 spiro atoms. The second-order valence-electron chi connectivity index (χ2n) is 6.75. The first-order valence-electron chi connectivity index (χ1n) is 9.50. The highest BCUT2D eigenvalue weighted by molar-refractivity contribution is 7.18. The number of rotatable bonds is 6. The number of anilines is 1. The van der Waals surface area contributed by atoms with Gasteiger partial charge in [0, 0.05) is 13.1 Å². The van der Waals surface area contributed by atoms with Crippen molar-refractivity contribution in [1.82, 2.24) is 4.90 Å². The minimum absolute atomic E-state index is 0.113. The van der Waals surface area contributed by atoms with E-state index < -0.39 is 11.9 Å². The highest BCUT2D eigenvalue weighted by atomic mass is 32.1. The van der Waals surface area contributed by atoms with Crippen LogP contribution in [0.5, 0.6) is 5.75 Å². The Morgan fingerprint density at radius 1 is 1.10 bits per heavy atom. The summed E-state index contributed by atoms with van der Waals surface area (Å²) in [6.07, 6.45) is 3.06. The first kappa shape index (κ1) is 20.9. The lowest BCUT2D eigenvalue weighted by atomic mass is 10.1. The van der Waals surface area contributed by atoms with E-state index >= 15 is 0 Å². The van der Waals surface area contributed by atoms with Crippen molar-refractivity contribution in [1.29, 1.82) is 0 Å². The number of hydrogen-bond acceptors (Lipinski definition) is 6. The molecule has 1 N–H and O–H groups in total. The fraction of sp³-hybridized carbons (Fsp3) is 0.381. The maximum absolute atomic E-state index is 12.9. The average molecular weight is 416 g/mol. The number of carbonyl (C=O) groups is 3. The van der Waals surface area contributed by atoms with Gasteiger partial charge in [0.2, 0.25) is 0 Å². The van der Waals surface area contributed by atoms with Crippen LogP contribution in [0.2, 0.25) is 0 Å². The van der Waals surface area contributed by atoms with Crippen molar-refractivity contribution in [2.24, 2.45) is 0 Å². The third-order valence-electron chi connectivity index (χ3n) is 4.74. The Morgan fingerprint density at radius 3 is 2.45 bits per heavy atom. The van der Waals surface area contributed by atoms with Gasteiger partial charge in [-0.05, 0) is 43.9 Å². The molecular weight excluding hydrogens is 392 g/mol. The predicted octanol–water partition coefficient (Wildman–Crippen LogP) is 3.49. The van der Waals surface area contributed by atoms with Crippen LogP contribution in [0.1, 0.15) is 44.9 Å². The number of nitrogens with one attached hydrogen (secondary N) is 1. The van der Waals surface area contributed by atoms with Crippen LogP contribution >= 0.6 is 11.3 Å². The number of para-hydroxylation sites is 1. The summed E-state index contributed by atoms with van der Waals surface area (Å²) in [6.45, 7) is 2.90. The molecule has 7 nitrogen and oxygen atoms in total. The van der Waals surface area contributed by atoms with Crippen LogP contribution in [0.4, 0.5) is 5.00 Å². The van der Waals surface area contributed by atoms with Crippen LogP contribution in [-0.4, -0.2) is 49.5 Å². The van der Waals surface area contributed by atoms with Crippen molar-refractivity contribution < 1.29 is 23.9 Å². The number of methoxy groups -OCH3 is 1. The van der Waals surface area contributed by atoms with E-state index in [9.17, 15) is 14.4 Å². The van der Waals surface area contributed by atoms with Crippen LogP contribution in [-0.2, 0) is 9.53 Å². The van der Waals surface area contributed by atoms with Gasteiger partial charge in [-0.1, -0.05) is 18.2 Å². The number of ether oxygens (including phenoxy) is 2. The molecule has 1 fully saturated rings. The number of thiophene rings is 1. The molecule has 29 heavy (non-hydrogen) atoms. The topological polar surface area (TPSA) is 84.9 Å². The Morgan fingerprint density at radius 2 is 1.79 bits per heavy atom. The molecule has 1 aliphatic heterocycles. The molecule has 2 aromatic rings. The van der Waals surface area contributed by atoms with Crippen molar-refractivity contribution in [2.45, 2.75) is 26.2 Å². The molecule has 1 aliphatic rings. The van der Waals surface area contributed by atoms with Crippen LogP contribution in [0.15, 0.2) is 30.3 Å². The van der Waals surface area contributed by atoms with Crippen LogP contribution in [0, 0.1) is 6.92 Å². The van der Waals surface area contributed by atoms with Gasteiger partial charge in [-0.2, -0.15) is 0 Å². The van der Waals surface area contributed by atoms with E-state index in [1.165, 1.54) is 7.11 Å². The molecule has 0 radical (unpaired) electrons. The lowest BCUT2D eigenvalue weighted by Crippen LogP contribution is -2.35. The highest BCUT2D eigenvalue weighted by Crippen LogP contribution is 2.35. The van der Waals surface area contributed by atoms with E-state index in [1.54, 1.807) is 24.0 Å². The number of benzene rings is 1. The molecule has 0 atom stereocenters. The maximum Gasteiger partial charge on any atom is 0.341 e. The van der Waals surface area contributed by atoms with Crippen LogP contribution in [0.3, 0.4) is 0 Å². The predicted molar refractivity (Wildman–Crippen MR) is 111 cm³/mol. The molecule has 0 bridgehead atoms. The fourth-order valence-corrected chi connectivity index (χ4v) is 4.40. The van der Waals surface area contributed by atoms with E-state index in [0.29, 0.717) is 34.3 Å². The molecule has 1 aromatic heterocycles. The molecule has 0 saturated carbocycles. The molecule has 154 valence electrons. The van der Waals surface area contributed by atoms with Gasteiger partial charge in [-0.25, -0.2) is 4.79 Å². The third-order valence-corrected chi connectivity index (χ3v) is 5.94. The van der Waals surface area contributed by atoms with Crippen molar-refractivity contribution in [3.63, 3.8) is 0 Å².